The maximum atomic E-state index is 10.6. The van der Waals surface area contributed by atoms with Gasteiger partial charge in [-0.1, -0.05) is 67.2 Å². The van der Waals surface area contributed by atoms with Crippen LogP contribution in [-0.4, -0.2) is 10.2 Å². The number of rotatable bonds is 2. The molecule has 2 aromatic rings. The standard InChI is InChI=1S/C25H30Cl4O2/c1-11-8-24(6,7)10-25(9-11,16-18(26)12(2)22(30)13(3)19(16)27)17-20(28)14(4)23(31)15(5)21(17)29/h11,30-31H,8-10H2,1-7H3. The quantitative estimate of drug-likeness (QED) is 0.428. The van der Waals surface area contributed by atoms with Crippen molar-refractivity contribution in [2.24, 2.45) is 11.3 Å². The van der Waals surface area contributed by atoms with Crippen LogP contribution in [0.2, 0.25) is 20.1 Å². The van der Waals surface area contributed by atoms with E-state index in [0.717, 1.165) is 30.4 Å². The lowest BCUT2D eigenvalue weighted by atomic mass is 9.55. The maximum absolute atomic E-state index is 10.6. The minimum atomic E-state index is -0.671. The van der Waals surface area contributed by atoms with Crippen LogP contribution in [0.3, 0.4) is 0 Å². The molecule has 0 radical (unpaired) electrons. The third kappa shape index (κ3) is 3.82. The first kappa shape index (κ1) is 24.8. The van der Waals surface area contributed by atoms with E-state index in [0.29, 0.717) is 48.3 Å². The van der Waals surface area contributed by atoms with Crippen LogP contribution in [0.25, 0.3) is 0 Å². The lowest BCUT2D eigenvalue weighted by Gasteiger charge is -2.50. The van der Waals surface area contributed by atoms with E-state index in [1.807, 2.05) is 0 Å². The maximum Gasteiger partial charge on any atom is 0.124 e. The first-order chi connectivity index (χ1) is 14.2. The molecule has 1 saturated carbocycles. The van der Waals surface area contributed by atoms with Gasteiger partial charge in [0.1, 0.15) is 11.5 Å². The second kappa shape index (κ2) is 8.20. The van der Waals surface area contributed by atoms with Crippen LogP contribution in [-0.2, 0) is 5.41 Å². The zero-order valence-electron chi connectivity index (χ0n) is 19.1. The third-order valence-electron chi connectivity index (χ3n) is 6.95. The van der Waals surface area contributed by atoms with E-state index >= 15 is 0 Å². The Balaban J connectivity index is 2.57. The minimum absolute atomic E-state index is 0.0314. The van der Waals surface area contributed by atoms with Gasteiger partial charge in [0.2, 0.25) is 0 Å². The molecule has 2 N–H and O–H groups in total. The zero-order valence-corrected chi connectivity index (χ0v) is 22.1. The Hall–Kier alpha value is -0.800. The largest absolute Gasteiger partial charge is 0.507 e. The summed E-state index contributed by atoms with van der Waals surface area (Å²) in [7, 11) is 0. The Morgan fingerprint density at radius 3 is 1.29 bits per heavy atom. The molecule has 0 saturated heterocycles. The molecular formula is C25H30Cl4O2. The van der Waals surface area contributed by atoms with E-state index in [2.05, 4.69) is 20.8 Å². The molecule has 1 fully saturated rings. The molecule has 3 rings (SSSR count). The molecule has 0 bridgehead atoms. The van der Waals surface area contributed by atoms with Gasteiger partial charge in [0.25, 0.3) is 0 Å². The topological polar surface area (TPSA) is 40.5 Å². The SMILES string of the molecule is Cc1c(O)c(C)c(Cl)c(C2(c3c(Cl)c(C)c(O)c(C)c3Cl)CC(C)CC(C)(C)C2)c1Cl. The van der Waals surface area contributed by atoms with Crippen molar-refractivity contribution in [2.75, 3.05) is 0 Å². The van der Waals surface area contributed by atoms with Crippen molar-refractivity contribution in [3.05, 3.63) is 53.5 Å². The summed E-state index contributed by atoms with van der Waals surface area (Å²) in [5.74, 6) is 0.561. The number of hydrogen-bond donors (Lipinski definition) is 2. The normalized spacial score (nSPS) is 20.2. The Morgan fingerprint density at radius 2 is 1.00 bits per heavy atom. The molecule has 1 unspecified atom stereocenters. The number of phenolic OH excluding ortho intramolecular Hbond substituents is 2. The van der Waals surface area contributed by atoms with Crippen molar-refractivity contribution in [1.29, 1.82) is 0 Å². The molecule has 2 aromatic carbocycles. The van der Waals surface area contributed by atoms with E-state index in [1.165, 1.54) is 0 Å². The molecule has 0 heterocycles. The highest BCUT2D eigenvalue weighted by Gasteiger charge is 2.50. The average molecular weight is 504 g/mol. The summed E-state index contributed by atoms with van der Waals surface area (Å²) in [4.78, 5) is 0. The molecular weight excluding hydrogens is 474 g/mol. The molecule has 2 nitrogen and oxygen atoms in total. The Bertz CT molecular complexity index is 945. The van der Waals surface area contributed by atoms with E-state index < -0.39 is 5.41 Å². The van der Waals surface area contributed by atoms with Crippen LogP contribution in [0.15, 0.2) is 0 Å². The molecule has 170 valence electrons. The summed E-state index contributed by atoms with van der Waals surface area (Å²) >= 11 is 27.7. The number of benzene rings is 2. The monoisotopic (exact) mass is 502 g/mol. The predicted octanol–water partition coefficient (Wildman–Crippen LogP) is 9.08. The van der Waals surface area contributed by atoms with Crippen molar-refractivity contribution in [3.8, 4) is 11.5 Å². The minimum Gasteiger partial charge on any atom is -0.507 e. The van der Waals surface area contributed by atoms with Gasteiger partial charge in [0.05, 0.1) is 20.1 Å². The van der Waals surface area contributed by atoms with Crippen molar-refractivity contribution >= 4 is 46.4 Å². The van der Waals surface area contributed by atoms with E-state index in [9.17, 15) is 10.2 Å². The van der Waals surface area contributed by atoms with Crippen LogP contribution in [0.4, 0.5) is 0 Å². The van der Waals surface area contributed by atoms with Gasteiger partial charge < -0.3 is 10.2 Å². The van der Waals surface area contributed by atoms with Crippen LogP contribution >= 0.6 is 46.4 Å². The van der Waals surface area contributed by atoms with Gasteiger partial charge in [-0.15, -0.1) is 0 Å². The lowest BCUT2D eigenvalue weighted by molar-refractivity contribution is 0.127. The summed E-state index contributed by atoms with van der Waals surface area (Å²) in [5, 5.41) is 22.9. The predicted molar refractivity (Wildman–Crippen MR) is 133 cm³/mol. The molecule has 0 aliphatic heterocycles. The molecule has 1 aliphatic rings. The first-order valence-corrected chi connectivity index (χ1v) is 12.0. The van der Waals surface area contributed by atoms with Crippen LogP contribution in [0.5, 0.6) is 11.5 Å². The first-order valence-electron chi connectivity index (χ1n) is 10.5. The van der Waals surface area contributed by atoms with E-state index in [4.69, 9.17) is 46.4 Å². The summed E-state index contributed by atoms with van der Waals surface area (Å²) in [5.41, 5.74) is 3.18. The number of hydrogen-bond acceptors (Lipinski definition) is 2. The van der Waals surface area contributed by atoms with E-state index in [1.54, 1.807) is 27.7 Å². The van der Waals surface area contributed by atoms with Crippen LogP contribution in [0.1, 0.15) is 73.4 Å². The summed E-state index contributed by atoms with van der Waals surface area (Å²) in [6.45, 7) is 13.9. The van der Waals surface area contributed by atoms with Gasteiger partial charge in [-0.25, -0.2) is 0 Å². The van der Waals surface area contributed by atoms with E-state index in [-0.39, 0.29) is 16.9 Å². The number of halogens is 4. The molecule has 1 aliphatic carbocycles. The fourth-order valence-corrected chi connectivity index (χ4v) is 7.40. The Morgan fingerprint density at radius 1 is 0.677 bits per heavy atom. The highest BCUT2D eigenvalue weighted by Crippen LogP contribution is 2.61. The van der Waals surface area contributed by atoms with Crippen molar-refractivity contribution < 1.29 is 10.2 Å². The van der Waals surface area contributed by atoms with Crippen LogP contribution in [0, 0.1) is 39.0 Å². The van der Waals surface area contributed by atoms with Crippen molar-refractivity contribution in [1.82, 2.24) is 0 Å². The summed E-state index contributed by atoms with van der Waals surface area (Å²) in [6.07, 6.45) is 2.53. The van der Waals surface area contributed by atoms with Gasteiger partial charge in [0, 0.05) is 38.8 Å². The third-order valence-corrected chi connectivity index (χ3v) is 8.84. The van der Waals surface area contributed by atoms with Gasteiger partial charge in [-0.2, -0.15) is 0 Å². The Kier molecular flexibility index (Phi) is 6.57. The molecule has 0 amide bonds. The fraction of sp³-hybridized carbons (Fsp3) is 0.520. The van der Waals surface area contributed by atoms with Gasteiger partial charge in [0.15, 0.2) is 0 Å². The molecule has 0 spiro atoms. The number of aromatic hydroxyl groups is 2. The summed E-state index contributed by atoms with van der Waals surface area (Å²) < 4.78 is 0. The molecule has 1 atom stereocenters. The second-order valence-electron chi connectivity index (χ2n) is 10.1. The second-order valence-corrected chi connectivity index (χ2v) is 11.7. The highest BCUT2D eigenvalue weighted by molar-refractivity contribution is 6.39. The van der Waals surface area contributed by atoms with Gasteiger partial charge in [-0.05, 0) is 58.3 Å². The average Bonchev–Trinajstić information content (AvgIpc) is 2.66. The molecule has 31 heavy (non-hydrogen) atoms. The number of phenols is 2. The Labute approximate surface area is 205 Å². The van der Waals surface area contributed by atoms with Gasteiger partial charge in [-0.3, -0.25) is 0 Å². The van der Waals surface area contributed by atoms with Crippen molar-refractivity contribution in [2.45, 2.75) is 73.1 Å². The van der Waals surface area contributed by atoms with Gasteiger partial charge >= 0.3 is 0 Å². The highest BCUT2D eigenvalue weighted by atomic mass is 35.5. The summed E-state index contributed by atoms with van der Waals surface area (Å²) in [6, 6.07) is 0. The molecule has 6 heteroatoms. The van der Waals surface area contributed by atoms with Crippen molar-refractivity contribution in [3.63, 3.8) is 0 Å². The fourth-order valence-electron chi connectivity index (χ4n) is 5.84. The smallest absolute Gasteiger partial charge is 0.124 e. The lowest BCUT2D eigenvalue weighted by Crippen LogP contribution is -2.42. The van der Waals surface area contributed by atoms with Crippen LogP contribution < -0.4 is 0 Å². The zero-order chi connectivity index (χ0) is 23.6. The molecule has 0 aromatic heterocycles.